The lowest BCUT2D eigenvalue weighted by Gasteiger charge is -2.34. The summed E-state index contributed by atoms with van der Waals surface area (Å²) >= 11 is 0. The molecule has 2 amide bonds. The number of piperazine rings is 1. The molecule has 0 radical (unpaired) electrons. The van der Waals surface area contributed by atoms with Crippen molar-refractivity contribution in [2.45, 2.75) is 0 Å². The van der Waals surface area contributed by atoms with E-state index in [1.54, 1.807) is 29.2 Å². The fraction of sp³-hybridized carbons (Fsp3) is 0.294. The maximum absolute atomic E-state index is 12.6. The number of benzene rings is 1. The molecule has 2 N–H and O–H groups in total. The molecule has 2 heterocycles. The lowest BCUT2D eigenvalue weighted by molar-refractivity contribution is 0.0534. The molecule has 9 heteroatoms. The Hall–Kier alpha value is -3.36. The van der Waals surface area contributed by atoms with E-state index in [4.69, 9.17) is 4.74 Å². The molecule has 0 spiro atoms. The minimum absolute atomic E-state index is 0.128. The second-order valence-electron chi connectivity index (χ2n) is 5.80. The predicted molar refractivity (Wildman–Crippen MR) is 92.5 cm³/mol. The molecular weight excluding hydrogens is 340 g/mol. The zero-order chi connectivity index (χ0) is 18.7. The third-order valence-electron chi connectivity index (χ3n) is 4.22. The number of aromatic nitrogens is 2. The Morgan fingerprint density at radius 1 is 1.04 bits per heavy atom. The summed E-state index contributed by atoms with van der Waals surface area (Å²) in [7, 11) is 1.53. The van der Waals surface area contributed by atoms with Gasteiger partial charge < -0.3 is 19.5 Å². The second kappa shape index (κ2) is 7.26. The van der Waals surface area contributed by atoms with E-state index in [9.17, 15) is 19.2 Å². The van der Waals surface area contributed by atoms with E-state index in [1.807, 2.05) is 4.98 Å². The summed E-state index contributed by atoms with van der Waals surface area (Å²) in [4.78, 5) is 55.2. The second-order valence-corrected chi connectivity index (χ2v) is 5.80. The van der Waals surface area contributed by atoms with Crippen LogP contribution in [0.15, 0.2) is 40.1 Å². The van der Waals surface area contributed by atoms with Gasteiger partial charge in [-0.3, -0.25) is 19.4 Å². The largest absolute Gasteiger partial charge is 0.497 e. The van der Waals surface area contributed by atoms with Crippen molar-refractivity contribution in [3.63, 3.8) is 0 Å². The number of carbonyl (C=O) groups is 2. The van der Waals surface area contributed by atoms with E-state index in [0.717, 1.165) is 6.20 Å². The van der Waals surface area contributed by atoms with Gasteiger partial charge in [-0.2, -0.15) is 0 Å². The molecule has 0 aliphatic carbocycles. The van der Waals surface area contributed by atoms with E-state index < -0.39 is 17.2 Å². The molecular formula is C17H18N4O5. The van der Waals surface area contributed by atoms with E-state index >= 15 is 0 Å². The number of methoxy groups -OCH3 is 1. The van der Waals surface area contributed by atoms with Crippen LogP contribution in [0.1, 0.15) is 20.7 Å². The average Bonchev–Trinajstić information content (AvgIpc) is 2.67. The number of hydrogen-bond acceptors (Lipinski definition) is 5. The van der Waals surface area contributed by atoms with Gasteiger partial charge in [-0.05, 0) is 18.2 Å². The third kappa shape index (κ3) is 3.51. The van der Waals surface area contributed by atoms with E-state index in [-0.39, 0.29) is 11.5 Å². The zero-order valence-electron chi connectivity index (χ0n) is 14.2. The summed E-state index contributed by atoms with van der Waals surface area (Å²) in [5, 5.41) is 0. The molecule has 1 fully saturated rings. The molecule has 3 rings (SSSR count). The highest BCUT2D eigenvalue weighted by Gasteiger charge is 2.27. The Bertz CT molecular complexity index is 940. The molecule has 0 bridgehead atoms. The van der Waals surface area contributed by atoms with Crippen molar-refractivity contribution in [3.05, 3.63) is 62.4 Å². The molecule has 136 valence electrons. The Morgan fingerprint density at radius 3 is 2.31 bits per heavy atom. The minimum atomic E-state index is -0.728. The van der Waals surface area contributed by atoms with Crippen LogP contribution >= 0.6 is 0 Å². The number of aromatic amines is 2. The van der Waals surface area contributed by atoms with Crippen LogP contribution in [0.2, 0.25) is 0 Å². The van der Waals surface area contributed by atoms with Gasteiger partial charge in [0, 0.05) is 37.9 Å². The summed E-state index contributed by atoms with van der Waals surface area (Å²) in [5.41, 5.74) is -1.01. The number of H-pyrrole nitrogens is 2. The summed E-state index contributed by atoms with van der Waals surface area (Å²) in [5.74, 6) is -0.0178. The van der Waals surface area contributed by atoms with Gasteiger partial charge in [0.1, 0.15) is 11.3 Å². The van der Waals surface area contributed by atoms with E-state index in [0.29, 0.717) is 37.5 Å². The quantitative estimate of drug-likeness (QED) is 0.779. The van der Waals surface area contributed by atoms with Crippen LogP contribution in [0.5, 0.6) is 5.75 Å². The number of nitrogens with zero attached hydrogens (tertiary/aromatic N) is 2. The lowest BCUT2D eigenvalue weighted by atomic mass is 10.1. The van der Waals surface area contributed by atoms with Crippen LogP contribution < -0.4 is 16.0 Å². The Balaban J connectivity index is 1.66. The maximum atomic E-state index is 12.6. The number of nitrogens with one attached hydrogen (secondary N) is 2. The van der Waals surface area contributed by atoms with Crippen LogP contribution in [0.4, 0.5) is 0 Å². The SMILES string of the molecule is COc1cccc(C(=O)N2CCN(C(=O)c3c[nH]c(=O)[nH]c3=O)CC2)c1. The van der Waals surface area contributed by atoms with Gasteiger partial charge in [0.25, 0.3) is 17.4 Å². The maximum Gasteiger partial charge on any atom is 0.325 e. The van der Waals surface area contributed by atoms with Gasteiger partial charge >= 0.3 is 5.69 Å². The number of ether oxygens (including phenoxy) is 1. The highest BCUT2D eigenvalue weighted by Crippen LogP contribution is 2.16. The van der Waals surface area contributed by atoms with Gasteiger partial charge in [0.05, 0.1) is 7.11 Å². The number of carbonyl (C=O) groups excluding carboxylic acids is 2. The lowest BCUT2D eigenvalue weighted by Crippen LogP contribution is -2.51. The molecule has 0 saturated carbocycles. The number of amides is 2. The van der Waals surface area contributed by atoms with Gasteiger partial charge in [0.15, 0.2) is 0 Å². The first kappa shape index (κ1) is 17.5. The molecule has 1 aromatic heterocycles. The summed E-state index contributed by atoms with van der Waals surface area (Å²) < 4.78 is 5.13. The molecule has 9 nitrogen and oxygen atoms in total. The summed E-state index contributed by atoms with van der Waals surface area (Å²) in [6.45, 7) is 1.30. The monoisotopic (exact) mass is 358 g/mol. The van der Waals surface area contributed by atoms with Crippen molar-refractivity contribution in [1.29, 1.82) is 0 Å². The molecule has 1 saturated heterocycles. The topological polar surface area (TPSA) is 116 Å². The normalized spacial score (nSPS) is 14.2. The van der Waals surface area contributed by atoms with Crippen molar-refractivity contribution >= 4 is 11.8 Å². The van der Waals surface area contributed by atoms with Crippen molar-refractivity contribution in [3.8, 4) is 5.75 Å². The summed E-state index contributed by atoms with van der Waals surface area (Å²) in [6, 6.07) is 6.88. The molecule has 1 aromatic carbocycles. The standard InChI is InChI=1S/C17H18N4O5/c1-26-12-4-2-3-11(9-12)15(23)20-5-7-21(8-6-20)16(24)13-10-18-17(25)19-14(13)22/h2-4,9-10H,5-8H2,1H3,(H2,18,19,22,25). The first-order valence-electron chi connectivity index (χ1n) is 8.04. The molecule has 2 aromatic rings. The Kier molecular flexibility index (Phi) is 4.87. The van der Waals surface area contributed by atoms with Crippen LogP contribution in [-0.4, -0.2) is 64.9 Å². The van der Waals surface area contributed by atoms with Crippen LogP contribution in [0.25, 0.3) is 0 Å². The van der Waals surface area contributed by atoms with Crippen molar-refractivity contribution < 1.29 is 14.3 Å². The van der Waals surface area contributed by atoms with E-state index in [2.05, 4.69) is 4.98 Å². The third-order valence-corrected chi connectivity index (χ3v) is 4.22. The highest BCUT2D eigenvalue weighted by atomic mass is 16.5. The van der Waals surface area contributed by atoms with Crippen molar-refractivity contribution in [2.24, 2.45) is 0 Å². The smallest absolute Gasteiger partial charge is 0.325 e. The minimum Gasteiger partial charge on any atom is -0.497 e. The van der Waals surface area contributed by atoms with Crippen molar-refractivity contribution in [2.75, 3.05) is 33.3 Å². The number of rotatable bonds is 3. The summed E-state index contributed by atoms with van der Waals surface area (Å²) in [6.07, 6.45) is 1.11. The molecule has 1 aliphatic heterocycles. The van der Waals surface area contributed by atoms with Crippen LogP contribution in [0, 0.1) is 0 Å². The first-order chi connectivity index (χ1) is 12.5. The molecule has 1 aliphatic rings. The fourth-order valence-corrected chi connectivity index (χ4v) is 2.79. The molecule has 0 unspecified atom stereocenters. The van der Waals surface area contributed by atoms with Gasteiger partial charge in [0.2, 0.25) is 0 Å². The average molecular weight is 358 g/mol. The fourth-order valence-electron chi connectivity index (χ4n) is 2.79. The predicted octanol–water partition coefficient (Wildman–Crippen LogP) is -0.330. The van der Waals surface area contributed by atoms with Gasteiger partial charge in [-0.1, -0.05) is 6.07 Å². The molecule has 26 heavy (non-hydrogen) atoms. The van der Waals surface area contributed by atoms with Crippen LogP contribution in [-0.2, 0) is 0 Å². The number of hydrogen-bond donors (Lipinski definition) is 2. The first-order valence-corrected chi connectivity index (χ1v) is 8.04. The Morgan fingerprint density at radius 2 is 1.69 bits per heavy atom. The Labute approximate surface area is 148 Å². The zero-order valence-corrected chi connectivity index (χ0v) is 14.2. The van der Waals surface area contributed by atoms with Gasteiger partial charge in [-0.15, -0.1) is 0 Å². The molecule has 0 atom stereocenters. The van der Waals surface area contributed by atoms with Crippen LogP contribution in [0.3, 0.4) is 0 Å². The highest BCUT2D eigenvalue weighted by molar-refractivity contribution is 5.96. The van der Waals surface area contributed by atoms with Gasteiger partial charge in [-0.25, -0.2) is 4.79 Å². The van der Waals surface area contributed by atoms with Crippen molar-refractivity contribution in [1.82, 2.24) is 19.8 Å². The van der Waals surface area contributed by atoms with E-state index in [1.165, 1.54) is 12.0 Å².